The Morgan fingerprint density at radius 1 is 0.969 bits per heavy atom. The summed E-state index contributed by atoms with van der Waals surface area (Å²) in [5.74, 6) is 0.390. The average Bonchev–Trinajstić information content (AvgIpc) is 3.34. The number of amides is 2. The molecule has 0 bridgehead atoms. The van der Waals surface area contributed by atoms with Crippen LogP contribution in [-0.2, 0) is 6.54 Å². The van der Waals surface area contributed by atoms with Gasteiger partial charge in [0.1, 0.15) is 11.3 Å². The number of halogens is 1. The highest BCUT2D eigenvalue weighted by atomic mass is 79.9. The maximum Gasteiger partial charge on any atom is 0.291 e. The van der Waals surface area contributed by atoms with Crippen LogP contribution in [0.25, 0.3) is 0 Å². The molecule has 2 aromatic carbocycles. The lowest BCUT2D eigenvalue weighted by Gasteiger charge is -2.11. The first-order valence-corrected chi connectivity index (χ1v) is 10.5. The van der Waals surface area contributed by atoms with E-state index in [0.717, 1.165) is 10.0 Å². The van der Waals surface area contributed by atoms with E-state index in [4.69, 9.17) is 9.15 Å². The SMILES string of the molecule is O=C(Nc1ccc(CNC(=O)c2cccnc2Oc2cccc(Br)c2)cc1)c1ccco1. The van der Waals surface area contributed by atoms with Gasteiger partial charge in [0.05, 0.1) is 6.26 Å². The van der Waals surface area contributed by atoms with Gasteiger partial charge in [0, 0.05) is 22.9 Å². The Labute approximate surface area is 192 Å². The van der Waals surface area contributed by atoms with Crippen LogP contribution in [0, 0.1) is 0 Å². The van der Waals surface area contributed by atoms with Gasteiger partial charge in [-0.1, -0.05) is 34.1 Å². The fourth-order valence-corrected chi connectivity index (χ4v) is 3.25. The molecule has 0 unspecified atom stereocenters. The Hall–Kier alpha value is -3.91. The molecule has 0 saturated heterocycles. The van der Waals surface area contributed by atoms with Crippen molar-refractivity contribution in [2.45, 2.75) is 6.54 Å². The van der Waals surface area contributed by atoms with Crippen LogP contribution in [-0.4, -0.2) is 16.8 Å². The van der Waals surface area contributed by atoms with Crippen molar-refractivity contribution in [3.63, 3.8) is 0 Å². The number of carbonyl (C=O) groups is 2. The van der Waals surface area contributed by atoms with Crippen LogP contribution in [0.15, 0.2) is 94.1 Å². The number of rotatable bonds is 7. The second kappa shape index (κ2) is 9.93. The maximum atomic E-state index is 12.7. The first-order chi connectivity index (χ1) is 15.6. The quantitative estimate of drug-likeness (QED) is 0.360. The summed E-state index contributed by atoms with van der Waals surface area (Å²) >= 11 is 3.39. The monoisotopic (exact) mass is 491 g/mol. The number of nitrogens with zero attached hydrogens (tertiary/aromatic N) is 1. The van der Waals surface area contributed by atoms with E-state index in [1.54, 1.807) is 54.7 Å². The number of hydrogen-bond acceptors (Lipinski definition) is 5. The van der Waals surface area contributed by atoms with Crippen molar-refractivity contribution in [1.82, 2.24) is 10.3 Å². The maximum absolute atomic E-state index is 12.7. The molecule has 4 aromatic rings. The van der Waals surface area contributed by atoms with Crippen molar-refractivity contribution in [2.75, 3.05) is 5.32 Å². The number of ether oxygens (including phenoxy) is 1. The molecule has 2 aromatic heterocycles. The van der Waals surface area contributed by atoms with Gasteiger partial charge in [0.2, 0.25) is 5.88 Å². The first kappa shape index (κ1) is 21.3. The summed E-state index contributed by atoms with van der Waals surface area (Å²) in [6.45, 7) is 0.302. The summed E-state index contributed by atoms with van der Waals surface area (Å²) in [5.41, 5.74) is 1.82. The first-order valence-electron chi connectivity index (χ1n) is 9.69. The fraction of sp³-hybridized carbons (Fsp3) is 0.0417. The predicted octanol–water partition coefficient (Wildman–Crippen LogP) is 5.41. The molecule has 8 heteroatoms. The molecular weight excluding hydrogens is 474 g/mol. The number of benzene rings is 2. The third-order valence-corrected chi connectivity index (χ3v) is 4.93. The molecule has 4 rings (SSSR count). The molecule has 0 radical (unpaired) electrons. The van der Waals surface area contributed by atoms with Crippen molar-refractivity contribution in [1.29, 1.82) is 0 Å². The minimum atomic E-state index is -0.328. The molecule has 2 heterocycles. The zero-order valence-corrected chi connectivity index (χ0v) is 18.3. The van der Waals surface area contributed by atoms with Gasteiger partial charge < -0.3 is 19.8 Å². The van der Waals surface area contributed by atoms with E-state index in [-0.39, 0.29) is 23.5 Å². The Balaban J connectivity index is 1.37. The summed E-state index contributed by atoms with van der Waals surface area (Å²) in [5, 5.41) is 5.61. The molecule has 0 saturated carbocycles. The largest absolute Gasteiger partial charge is 0.459 e. The van der Waals surface area contributed by atoms with Gasteiger partial charge in [0.25, 0.3) is 11.8 Å². The van der Waals surface area contributed by atoms with Crippen LogP contribution in [0.4, 0.5) is 5.69 Å². The van der Waals surface area contributed by atoms with E-state index in [1.165, 1.54) is 6.26 Å². The number of carbonyl (C=O) groups excluding carboxylic acids is 2. The lowest BCUT2D eigenvalue weighted by molar-refractivity contribution is 0.0947. The number of pyridine rings is 1. The number of anilines is 1. The van der Waals surface area contributed by atoms with Gasteiger partial charge in [-0.3, -0.25) is 9.59 Å². The molecule has 0 atom stereocenters. The second-order valence-electron chi connectivity index (χ2n) is 6.73. The smallest absolute Gasteiger partial charge is 0.291 e. The van der Waals surface area contributed by atoms with Crippen molar-refractivity contribution in [3.8, 4) is 11.6 Å². The van der Waals surface area contributed by atoms with E-state index in [1.807, 2.05) is 24.3 Å². The van der Waals surface area contributed by atoms with Crippen molar-refractivity contribution >= 4 is 33.4 Å². The summed E-state index contributed by atoms with van der Waals surface area (Å²) in [7, 11) is 0. The Morgan fingerprint density at radius 2 is 1.81 bits per heavy atom. The van der Waals surface area contributed by atoms with E-state index in [9.17, 15) is 9.59 Å². The van der Waals surface area contributed by atoms with Crippen LogP contribution >= 0.6 is 15.9 Å². The van der Waals surface area contributed by atoms with Crippen LogP contribution in [0.1, 0.15) is 26.5 Å². The Bertz CT molecular complexity index is 1220. The molecule has 0 aliphatic carbocycles. The van der Waals surface area contributed by atoms with Gasteiger partial charge in [-0.15, -0.1) is 0 Å². The zero-order valence-electron chi connectivity index (χ0n) is 16.7. The highest BCUT2D eigenvalue weighted by Crippen LogP contribution is 2.25. The minimum Gasteiger partial charge on any atom is -0.459 e. The molecular formula is C24H18BrN3O4. The molecule has 160 valence electrons. The van der Waals surface area contributed by atoms with Crippen molar-refractivity contribution < 1.29 is 18.7 Å². The molecule has 2 amide bonds. The van der Waals surface area contributed by atoms with Crippen LogP contribution in [0.5, 0.6) is 11.6 Å². The van der Waals surface area contributed by atoms with Gasteiger partial charge in [-0.2, -0.15) is 0 Å². The summed E-state index contributed by atoms with van der Waals surface area (Å²) in [6, 6.07) is 21.0. The Morgan fingerprint density at radius 3 is 2.56 bits per heavy atom. The summed E-state index contributed by atoms with van der Waals surface area (Å²) < 4.78 is 11.7. The van der Waals surface area contributed by atoms with E-state index in [2.05, 4.69) is 31.5 Å². The second-order valence-corrected chi connectivity index (χ2v) is 7.64. The molecule has 0 aliphatic heterocycles. The lowest BCUT2D eigenvalue weighted by Crippen LogP contribution is -2.23. The van der Waals surface area contributed by atoms with E-state index >= 15 is 0 Å². The number of hydrogen-bond donors (Lipinski definition) is 2. The fourth-order valence-electron chi connectivity index (χ4n) is 2.87. The third kappa shape index (κ3) is 5.41. The normalized spacial score (nSPS) is 10.4. The van der Waals surface area contributed by atoms with Gasteiger partial charge in [0.15, 0.2) is 5.76 Å². The van der Waals surface area contributed by atoms with Crippen LogP contribution in [0.3, 0.4) is 0 Å². The summed E-state index contributed by atoms with van der Waals surface area (Å²) in [6.07, 6.45) is 3.01. The highest BCUT2D eigenvalue weighted by Gasteiger charge is 2.14. The standard InChI is InChI=1S/C24H18BrN3O4/c25-17-4-1-5-19(14-17)32-24-20(6-2-12-26-24)22(29)27-15-16-8-10-18(11-9-16)28-23(30)21-7-3-13-31-21/h1-14H,15H2,(H,27,29)(H,28,30). The van der Waals surface area contributed by atoms with E-state index in [0.29, 0.717) is 23.5 Å². The Kier molecular flexibility index (Phi) is 6.62. The minimum absolute atomic E-state index is 0.221. The van der Waals surface area contributed by atoms with Gasteiger partial charge >= 0.3 is 0 Å². The molecule has 0 aliphatic rings. The summed E-state index contributed by atoms with van der Waals surface area (Å²) in [4.78, 5) is 29.0. The van der Waals surface area contributed by atoms with Crippen molar-refractivity contribution in [2.24, 2.45) is 0 Å². The lowest BCUT2D eigenvalue weighted by atomic mass is 10.2. The van der Waals surface area contributed by atoms with Gasteiger partial charge in [-0.25, -0.2) is 4.98 Å². The molecule has 7 nitrogen and oxygen atoms in total. The topological polar surface area (TPSA) is 93.5 Å². The number of nitrogens with one attached hydrogen (secondary N) is 2. The highest BCUT2D eigenvalue weighted by molar-refractivity contribution is 9.10. The van der Waals surface area contributed by atoms with Crippen LogP contribution < -0.4 is 15.4 Å². The predicted molar refractivity (Wildman–Crippen MR) is 123 cm³/mol. The molecule has 32 heavy (non-hydrogen) atoms. The molecule has 0 spiro atoms. The molecule has 2 N–H and O–H groups in total. The van der Waals surface area contributed by atoms with E-state index < -0.39 is 0 Å². The number of aromatic nitrogens is 1. The average molecular weight is 492 g/mol. The molecule has 0 fully saturated rings. The number of furan rings is 1. The van der Waals surface area contributed by atoms with Crippen molar-refractivity contribution in [3.05, 3.63) is 107 Å². The van der Waals surface area contributed by atoms with Gasteiger partial charge in [-0.05, 0) is 60.2 Å². The van der Waals surface area contributed by atoms with Crippen LogP contribution in [0.2, 0.25) is 0 Å². The third-order valence-electron chi connectivity index (χ3n) is 4.44. The zero-order chi connectivity index (χ0) is 22.3.